The Morgan fingerprint density at radius 3 is 2.37 bits per heavy atom. The van der Waals surface area contributed by atoms with Crippen LogP contribution >= 0.6 is 0 Å². The smallest absolute Gasteiger partial charge is 0.0598 e. The minimum Gasteiger partial charge on any atom is -0.375 e. The zero-order valence-corrected chi connectivity index (χ0v) is 14.7. The molecule has 2 aliphatic rings. The second-order valence-corrected chi connectivity index (χ2v) is 14.0. The monoisotopic (exact) mass is 283 g/mol. The van der Waals surface area contributed by atoms with Gasteiger partial charge in [0.25, 0.3) is 0 Å². The van der Waals surface area contributed by atoms with E-state index in [0.717, 1.165) is 6.61 Å². The molecule has 1 aliphatic heterocycles. The van der Waals surface area contributed by atoms with E-state index in [1.807, 2.05) is 0 Å². The quantitative estimate of drug-likeness (QED) is 0.723. The Balaban J connectivity index is 1.80. The molecule has 0 spiro atoms. The maximum absolute atomic E-state index is 6.05. The third kappa shape index (κ3) is 5.20. The Morgan fingerprint density at radius 2 is 1.79 bits per heavy atom. The summed E-state index contributed by atoms with van der Waals surface area (Å²) >= 11 is 0. The summed E-state index contributed by atoms with van der Waals surface area (Å²) in [6.45, 7) is 16.6. The first-order chi connectivity index (χ1) is 8.70. The van der Waals surface area contributed by atoms with Gasteiger partial charge < -0.3 is 9.64 Å². The Morgan fingerprint density at radius 1 is 1.11 bits per heavy atom. The van der Waals surface area contributed by atoms with E-state index in [1.165, 1.54) is 51.0 Å². The SMILES string of the molecule is CC(C)(C)OCC1(CN2CCC[Si](C)(C)CC2)CC1. The Bertz CT molecular complexity index is 304. The molecular weight excluding hydrogens is 250 g/mol. The van der Waals surface area contributed by atoms with Gasteiger partial charge in [-0.25, -0.2) is 0 Å². The van der Waals surface area contributed by atoms with Gasteiger partial charge in [-0.05, 0) is 59.2 Å². The predicted octanol–water partition coefficient (Wildman–Crippen LogP) is 4.00. The fourth-order valence-corrected chi connectivity index (χ4v) is 5.29. The van der Waals surface area contributed by atoms with Crippen LogP contribution in [-0.2, 0) is 4.74 Å². The van der Waals surface area contributed by atoms with Crippen LogP contribution in [0.15, 0.2) is 0 Å². The van der Waals surface area contributed by atoms with E-state index in [4.69, 9.17) is 4.74 Å². The van der Waals surface area contributed by atoms with Crippen molar-refractivity contribution in [1.82, 2.24) is 4.90 Å². The minimum atomic E-state index is -0.859. The Hall–Kier alpha value is 0.137. The van der Waals surface area contributed by atoms with Gasteiger partial charge in [0.15, 0.2) is 0 Å². The lowest BCUT2D eigenvalue weighted by atomic mass is 10.1. The Labute approximate surface area is 120 Å². The normalized spacial score (nSPS) is 27.0. The van der Waals surface area contributed by atoms with Crippen molar-refractivity contribution in [2.75, 3.05) is 26.2 Å². The van der Waals surface area contributed by atoms with Crippen LogP contribution in [0.5, 0.6) is 0 Å². The van der Waals surface area contributed by atoms with Gasteiger partial charge in [0, 0.05) is 20.0 Å². The number of nitrogens with zero attached hydrogens (tertiary/aromatic N) is 1. The van der Waals surface area contributed by atoms with E-state index >= 15 is 0 Å². The zero-order valence-electron chi connectivity index (χ0n) is 13.7. The molecule has 2 rings (SSSR count). The van der Waals surface area contributed by atoms with E-state index in [-0.39, 0.29) is 5.60 Å². The van der Waals surface area contributed by atoms with Crippen molar-refractivity contribution < 1.29 is 4.74 Å². The summed E-state index contributed by atoms with van der Waals surface area (Å²) in [5, 5.41) is 0. The molecular formula is C16H33NOSi. The molecule has 1 heterocycles. The highest BCUT2D eigenvalue weighted by Gasteiger charge is 2.45. The van der Waals surface area contributed by atoms with Crippen molar-refractivity contribution in [2.24, 2.45) is 5.41 Å². The predicted molar refractivity (Wildman–Crippen MR) is 85.5 cm³/mol. The molecule has 0 aromatic carbocycles. The van der Waals surface area contributed by atoms with Gasteiger partial charge in [-0.2, -0.15) is 0 Å². The molecule has 2 fully saturated rings. The molecule has 1 saturated heterocycles. The molecule has 0 aromatic heterocycles. The molecule has 0 unspecified atom stereocenters. The van der Waals surface area contributed by atoms with Gasteiger partial charge in [0.05, 0.1) is 12.2 Å². The lowest BCUT2D eigenvalue weighted by molar-refractivity contribution is -0.0336. The Kier molecular flexibility index (Phi) is 4.49. The molecule has 0 bridgehead atoms. The third-order valence-corrected chi connectivity index (χ3v) is 8.04. The van der Waals surface area contributed by atoms with Crippen LogP contribution in [0, 0.1) is 5.41 Å². The third-order valence-electron chi connectivity index (χ3n) is 4.76. The highest BCUT2D eigenvalue weighted by atomic mass is 28.3. The number of hydrogen-bond donors (Lipinski definition) is 0. The maximum Gasteiger partial charge on any atom is 0.0598 e. The van der Waals surface area contributed by atoms with Crippen molar-refractivity contribution in [3.63, 3.8) is 0 Å². The molecule has 0 aromatic rings. The maximum atomic E-state index is 6.05. The summed E-state index contributed by atoms with van der Waals surface area (Å²) in [5.74, 6) is 0. The summed E-state index contributed by atoms with van der Waals surface area (Å²) in [5.41, 5.74) is 0.520. The van der Waals surface area contributed by atoms with Crippen LogP contribution in [0.25, 0.3) is 0 Å². The van der Waals surface area contributed by atoms with E-state index in [9.17, 15) is 0 Å². The van der Waals surface area contributed by atoms with Crippen LogP contribution in [-0.4, -0.2) is 44.8 Å². The van der Waals surface area contributed by atoms with E-state index in [2.05, 4.69) is 38.8 Å². The average molecular weight is 284 g/mol. The molecule has 19 heavy (non-hydrogen) atoms. The molecule has 0 amide bonds. The summed E-state index contributed by atoms with van der Waals surface area (Å²) in [4.78, 5) is 2.74. The largest absolute Gasteiger partial charge is 0.375 e. The lowest BCUT2D eigenvalue weighted by Gasteiger charge is -2.29. The van der Waals surface area contributed by atoms with Crippen molar-refractivity contribution in [3.05, 3.63) is 0 Å². The molecule has 112 valence electrons. The highest BCUT2D eigenvalue weighted by Crippen LogP contribution is 2.47. The standard InChI is InChI=1S/C16H33NOSi/c1-15(2,3)18-14-16(7-8-16)13-17-9-6-11-19(4,5)12-10-17/h6-14H2,1-5H3. The minimum absolute atomic E-state index is 0.0171. The van der Waals surface area contributed by atoms with Gasteiger partial charge >= 0.3 is 0 Å². The molecule has 3 heteroatoms. The van der Waals surface area contributed by atoms with E-state index < -0.39 is 8.07 Å². The summed E-state index contributed by atoms with van der Waals surface area (Å²) in [6, 6.07) is 3.01. The van der Waals surface area contributed by atoms with Crippen LogP contribution in [0.2, 0.25) is 25.2 Å². The van der Waals surface area contributed by atoms with Gasteiger partial charge in [0.2, 0.25) is 0 Å². The molecule has 2 nitrogen and oxygen atoms in total. The van der Waals surface area contributed by atoms with Gasteiger partial charge in [-0.3, -0.25) is 0 Å². The first-order valence-corrected chi connectivity index (χ1v) is 11.5. The van der Waals surface area contributed by atoms with Crippen molar-refractivity contribution >= 4 is 8.07 Å². The van der Waals surface area contributed by atoms with Gasteiger partial charge in [-0.15, -0.1) is 0 Å². The van der Waals surface area contributed by atoms with Crippen LogP contribution in [0.4, 0.5) is 0 Å². The number of hydrogen-bond acceptors (Lipinski definition) is 2. The molecule has 0 atom stereocenters. The highest BCUT2D eigenvalue weighted by molar-refractivity contribution is 6.77. The fourth-order valence-electron chi connectivity index (χ4n) is 3.01. The van der Waals surface area contributed by atoms with Crippen molar-refractivity contribution in [2.45, 2.75) is 70.8 Å². The van der Waals surface area contributed by atoms with Crippen LogP contribution in [0.1, 0.15) is 40.0 Å². The molecule has 1 saturated carbocycles. The van der Waals surface area contributed by atoms with Crippen molar-refractivity contribution in [1.29, 1.82) is 0 Å². The fraction of sp³-hybridized carbons (Fsp3) is 1.00. The second-order valence-electron chi connectivity index (χ2n) is 8.69. The van der Waals surface area contributed by atoms with Crippen LogP contribution < -0.4 is 0 Å². The van der Waals surface area contributed by atoms with E-state index in [0.29, 0.717) is 5.41 Å². The summed E-state index contributed by atoms with van der Waals surface area (Å²) < 4.78 is 6.05. The van der Waals surface area contributed by atoms with Crippen molar-refractivity contribution in [3.8, 4) is 0 Å². The molecule has 0 radical (unpaired) electrons. The first kappa shape index (κ1) is 15.5. The lowest BCUT2D eigenvalue weighted by Crippen LogP contribution is -2.36. The topological polar surface area (TPSA) is 12.5 Å². The molecule has 0 N–H and O–H groups in total. The summed E-state index contributed by atoms with van der Waals surface area (Å²) in [7, 11) is -0.859. The van der Waals surface area contributed by atoms with Gasteiger partial charge in [0.1, 0.15) is 0 Å². The number of rotatable bonds is 4. The zero-order chi connectivity index (χ0) is 14.1. The second kappa shape index (κ2) is 5.49. The molecule has 1 aliphatic carbocycles. The van der Waals surface area contributed by atoms with Gasteiger partial charge in [-0.1, -0.05) is 19.1 Å². The van der Waals surface area contributed by atoms with Crippen LogP contribution in [0.3, 0.4) is 0 Å². The average Bonchev–Trinajstić information content (AvgIpc) is 3.04. The summed E-state index contributed by atoms with van der Waals surface area (Å²) in [6.07, 6.45) is 4.18. The first-order valence-electron chi connectivity index (χ1n) is 8.06. The van der Waals surface area contributed by atoms with E-state index in [1.54, 1.807) is 0 Å². The number of ether oxygens (including phenoxy) is 1.